The highest BCUT2D eigenvalue weighted by Crippen LogP contribution is 2.28. The summed E-state index contributed by atoms with van der Waals surface area (Å²) in [5, 5.41) is 0.740. The van der Waals surface area contributed by atoms with Crippen LogP contribution in [0.5, 0.6) is 0 Å². The molecule has 0 aromatic heterocycles. The molecule has 0 bridgehead atoms. The van der Waals surface area contributed by atoms with Crippen LogP contribution in [0, 0.1) is 5.92 Å². The van der Waals surface area contributed by atoms with Gasteiger partial charge >= 0.3 is 0 Å². The summed E-state index contributed by atoms with van der Waals surface area (Å²) in [7, 11) is 1.92. The topological polar surface area (TPSA) is 46.3 Å². The SMILES string of the molecule is CC(c1ccc(Cl)cc1)C(C)N(C)C(=O)C1CCCC(N)C1. The molecule has 22 heavy (non-hydrogen) atoms. The first-order chi connectivity index (χ1) is 10.4. The van der Waals surface area contributed by atoms with Crippen LogP contribution in [0.25, 0.3) is 0 Å². The zero-order valence-corrected chi connectivity index (χ0v) is 14.5. The normalized spacial score (nSPS) is 24.6. The summed E-state index contributed by atoms with van der Waals surface area (Å²) in [6.45, 7) is 4.27. The molecule has 3 nitrogen and oxygen atoms in total. The first-order valence-corrected chi connectivity index (χ1v) is 8.55. The van der Waals surface area contributed by atoms with Gasteiger partial charge in [-0.15, -0.1) is 0 Å². The van der Waals surface area contributed by atoms with Crippen molar-refractivity contribution in [2.45, 2.75) is 57.5 Å². The minimum Gasteiger partial charge on any atom is -0.342 e. The molecule has 0 aliphatic heterocycles. The number of hydrogen-bond acceptors (Lipinski definition) is 2. The predicted molar refractivity (Wildman–Crippen MR) is 92.0 cm³/mol. The highest BCUT2D eigenvalue weighted by Gasteiger charge is 2.31. The first kappa shape index (κ1) is 17.3. The monoisotopic (exact) mass is 322 g/mol. The van der Waals surface area contributed by atoms with Crippen molar-refractivity contribution in [2.24, 2.45) is 11.7 Å². The van der Waals surface area contributed by atoms with Gasteiger partial charge < -0.3 is 10.6 Å². The minimum absolute atomic E-state index is 0.0913. The maximum atomic E-state index is 12.7. The van der Waals surface area contributed by atoms with Gasteiger partial charge in [-0.05, 0) is 43.9 Å². The Morgan fingerprint density at radius 3 is 2.50 bits per heavy atom. The summed E-state index contributed by atoms with van der Waals surface area (Å²) < 4.78 is 0. The molecule has 2 N–H and O–H groups in total. The lowest BCUT2D eigenvalue weighted by Crippen LogP contribution is -2.44. The summed E-state index contributed by atoms with van der Waals surface area (Å²) in [6, 6.07) is 8.22. The zero-order valence-electron chi connectivity index (χ0n) is 13.8. The molecule has 1 aliphatic rings. The van der Waals surface area contributed by atoms with Gasteiger partial charge in [0.05, 0.1) is 0 Å². The number of carbonyl (C=O) groups is 1. The van der Waals surface area contributed by atoms with Crippen LogP contribution in [-0.2, 0) is 4.79 Å². The second-order valence-corrected chi connectivity index (χ2v) is 7.09. The van der Waals surface area contributed by atoms with E-state index in [-0.39, 0.29) is 29.8 Å². The number of likely N-dealkylation sites (N-methyl/N-ethyl adjacent to an activating group) is 1. The van der Waals surface area contributed by atoms with Gasteiger partial charge in [0.25, 0.3) is 0 Å². The van der Waals surface area contributed by atoms with E-state index in [9.17, 15) is 4.79 Å². The molecular formula is C18H27ClN2O. The van der Waals surface area contributed by atoms with E-state index in [0.29, 0.717) is 0 Å². The van der Waals surface area contributed by atoms with Crippen LogP contribution in [-0.4, -0.2) is 29.9 Å². The zero-order chi connectivity index (χ0) is 16.3. The Morgan fingerprint density at radius 2 is 1.91 bits per heavy atom. The molecular weight excluding hydrogens is 296 g/mol. The molecule has 0 heterocycles. The third-order valence-corrected chi connectivity index (χ3v) is 5.39. The number of nitrogens with zero attached hydrogens (tertiary/aromatic N) is 1. The highest BCUT2D eigenvalue weighted by atomic mass is 35.5. The number of amides is 1. The van der Waals surface area contributed by atoms with E-state index < -0.39 is 0 Å². The maximum absolute atomic E-state index is 12.7. The second-order valence-electron chi connectivity index (χ2n) is 6.65. The fourth-order valence-corrected chi connectivity index (χ4v) is 3.45. The summed E-state index contributed by atoms with van der Waals surface area (Å²) >= 11 is 5.95. The summed E-state index contributed by atoms with van der Waals surface area (Å²) in [5.41, 5.74) is 7.23. The lowest BCUT2D eigenvalue weighted by molar-refractivity contribution is -0.137. The van der Waals surface area contributed by atoms with Gasteiger partial charge in [0.15, 0.2) is 0 Å². The molecule has 0 spiro atoms. The number of benzene rings is 1. The Balaban J connectivity index is 2.02. The molecule has 1 aliphatic carbocycles. The van der Waals surface area contributed by atoms with Crippen LogP contribution < -0.4 is 5.73 Å². The van der Waals surface area contributed by atoms with Gasteiger partial charge in [-0.2, -0.15) is 0 Å². The molecule has 0 radical (unpaired) electrons. The molecule has 4 atom stereocenters. The summed E-state index contributed by atoms with van der Waals surface area (Å²) in [4.78, 5) is 14.6. The van der Waals surface area contributed by atoms with Gasteiger partial charge in [-0.3, -0.25) is 4.79 Å². The number of hydrogen-bond donors (Lipinski definition) is 1. The average molecular weight is 323 g/mol. The Morgan fingerprint density at radius 1 is 1.27 bits per heavy atom. The number of carbonyl (C=O) groups excluding carboxylic acids is 1. The quantitative estimate of drug-likeness (QED) is 0.916. The van der Waals surface area contributed by atoms with Crippen LogP contribution in [0.3, 0.4) is 0 Å². The van der Waals surface area contributed by atoms with E-state index >= 15 is 0 Å². The van der Waals surface area contributed by atoms with E-state index in [1.165, 1.54) is 5.56 Å². The number of nitrogens with two attached hydrogens (primary N) is 1. The van der Waals surface area contributed by atoms with Crippen molar-refractivity contribution in [1.82, 2.24) is 4.90 Å². The Hall–Kier alpha value is -1.06. The van der Waals surface area contributed by atoms with Crippen LogP contribution >= 0.6 is 11.6 Å². The van der Waals surface area contributed by atoms with Gasteiger partial charge in [-0.1, -0.05) is 37.1 Å². The third-order valence-electron chi connectivity index (χ3n) is 5.14. The Labute approximate surface area is 138 Å². The van der Waals surface area contributed by atoms with Crippen molar-refractivity contribution < 1.29 is 4.79 Å². The van der Waals surface area contributed by atoms with Crippen molar-refractivity contribution in [3.63, 3.8) is 0 Å². The van der Waals surface area contributed by atoms with E-state index in [1.807, 2.05) is 36.2 Å². The molecule has 122 valence electrons. The van der Waals surface area contributed by atoms with Crippen LogP contribution in [0.15, 0.2) is 24.3 Å². The van der Waals surface area contributed by atoms with Crippen LogP contribution in [0.1, 0.15) is 51.0 Å². The molecule has 1 amide bonds. The van der Waals surface area contributed by atoms with Gasteiger partial charge in [0.2, 0.25) is 5.91 Å². The molecule has 4 heteroatoms. The molecule has 0 saturated heterocycles. The predicted octanol–water partition coefficient (Wildman–Crippen LogP) is 3.81. The molecule has 2 rings (SSSR count). The lowest BCUT2D eigenvalue weighted by atomic mass is 9.84. The number of halogens is 1. The largest absolute Gasteiger partial charge is 0.342 e. The van der Waals surface area contributed by atoms with Crippen molar-refractivity contribution in [3.05, 3.63) is 34.9 Å². The van der Waals surface area contributed by atoms with E-state index in [0.717, 1.165) is 30.7 Å². The minimum atomic E-state index is 0.0913. The molecule has 1 aromatic rings. The van der Waals surface area contributed by atoms with Crippen molar-refractivity contribution in [2.75, 3.05) is 7.05 Å². The fourth-order valence-electron chi connectivity index (χ4n) is 3.32. The smallest absolute Gasteiger partial charge is 0.225 e. The fraction of sp³-hybridized carbons (Fsp3) is 0.611. The van der Waals surface area contributed by atoms with Crippen LogP contribution in [0.2, 0.25) is 5.02 Å². The van der Waals surface area contributed by atoms with Crippen molar-refractivity contribution >= 4 is 17.5 Å². The third kappa shape index (κ3) is 4.02. The molecule has 4 unspecified atom stereocenters. The van der Waals surface area contributed by atoms with Crippen LogP contribution in [0.4, 0.5) is 0 Å². The summed E-state index contributed by atoms with van der Waals surface area (Å²) in [6.07, 6.45) is 3.90. The maximum Gasteiger partial charge on any atom is 0.225 e. The van der Waals surface area contributed by atoms with Gasteiger partial charge in [-0.25, -0.2) is 0 Å². The molecule has 1 fully saturated rings. The van der Waals surface area contributed by atoms with E-state index in [4.69, 9.17) is 17.3 Å². The van der Waals surface area contributed by atoms with E-state index in [1.54, 1.807) is 0 Å². The van der Waals surface area contributed by atoms with Crippen molar-refractivity contribution in [3.8, 4) is 0 Å². The average Bonchev–Trinajstić information content (AvgIpc) is 2.52. The second kappa shape index (κ2) is 7.47. The number of rotatable bonds is 4. The van der Waals surface area contributed by atoms with Crippen molar-refractivity contribution in [1.29, 1.82) is 0 Å². The molecule has 1 aromatic carbocycles. The Kier molecular flexibility index (Phi) is 5.87. The lowest BCUT2D eigenvalue weighted by Gasteiger charge is -2.35. The Bertz CT molecular complexity index is 502. The summed E-state index contributed by atoms with van der Waals surface area (Å²) in [5.74, 6) is 0.598. The van der Waals surface area contributed by atoms with Gasteiger partial charge in [0.1, 0.15) is 0 Å². The first-order valence-electron chi connectivity index (χ1n) is 8.18. The van der Waals surface area contributed by atoms with Gasteiger partial charge in [0, 0.05) is 36.0 Å². The molecule has 1 saturated carbocycles. The standard InChI is InChI=1S/C18H27ClN2O/c1-12(14-7-9-16(19)10-8-14)13(2)21(3)18(22)15-5-4-6-17(20)11-15/h7-10,12-13,15,17H,4-6,11,20H2,1-3H3. The van der Waals surface area contributed by atoms with E-state index in [2.05, 4.69) is 13.8 Å². The highest BCUT2D eigenvalue weighted by molar-refractivity contribution is 6.30.